The molecule has 0 atom stereocenters. The maximum Gasteiger partial charge on any atom is 0.416 e. The van der Waals surface area contributed by atoms with Crippen molar-refractivity contribution in [3.8, 4) is 5.75 Å². The Balaban J connectivity index is 2.07. The van der Waals surface area contributed by atoms with Crippen LogP contribution in [0.4, 0.5) is 24.5 Å². The van der Waals surface area contributed by atoms with Gasteiger partial charge in [-0.15, -0.1) is 0 Å². The standard InChI is InChI=1S/C15H15F3N2O/c1-21-13-4-2-3-12(14(13)19)20-9-10-5-7-11(8-6-10)15(16,17)18/h2-8,20H,9,19H2,1H3. The van der Waals surface area contributed by atoms with Gasteiger partial charge in [0.2, 0.25) is 0 Å². The van der Waals surface area contributed by atoms with Crippen LogP contribution in [0.15, 0.2) is 42.5 Å². The number of halogens is 3. The van der Waals surface area contributed by atoms with E-state index in [2.05, 4.69) is 5.32 Å². The summed E-state index contributed by atoms with van der Waals surface area (Å²) in [6, 6.07) is 10.3. The van der Waals surface area contributed by atoms with E-state index in [1.165, 1.54) is 19.2 Å². The highest BCUT2D eigenvalue weighted by Gasteiger charge is 2.29. The zero-order valence-electron chi connectivity index (χ0n) is 11.4. The van der Waals surface area contributed by atoms with E-state index < -0.39 is 11.7 Å². The molecule has 0 fully saturated rings. The zero-order chi connectivity index (χ0) is 15.5. The van der Waals surface area contributed by atoms with Crippen LogP contribution in [0, 0.1) is 0 Å². The van der Waals surface area contributed by atoms with Gasteiger partial charge in [0.05, 0.1) is 24.0 Å². The van der Waals surface area contributed by atoms with Gasteiger partial charge >= 0.3 is 6.18 Å². The van der Waals surface area contributed by atoms with E-state index in [-0.39, 0.29) is 0 Å². The predicted molar refractivity (Wildman–Crippen MR) is 76.2 cm³/mol. The lowest BCUT2D eigenvalue weighted by molar-refractivity contribution is -0.137. The Morgan fingerprint density at radius 3 is 2.33 bits per heavy atom. The van der Waals surface area contributed by atoms with Gasteiger partial charge in [0.1, 0.15) is 5.75 Å². The van der Waals surface area contributed by atoms with Crippen LogP contribution in [0.2, 0.25) is 0 Å². The second kappa shape index (κ2) is 5.95. The van der Waals surface area contributed by atoms with Crippen LogP contribution in [0.1, 0.15) is 11.1 Å². The van der Waals surface area contributed by atoms with Gasteiger partial charge in [0.15, 0.2) is 0 Å². The fraction of sp³-hybridized carbons (Fsp3) is 0.200. The average Bonchev–Trinajstić information content (AvgIpc) is 2.46. The van der Waals surface area contributed by atoms with Gasteiger partial charge in [-0.05, 0) is 29.8 Å². The molecule has 0 radical (unpaired) electrons. The molecule has 0 saturated heterocycles. The van der Waals surface area contributed by atoms with Crippen molar-refractivity contribution in [2.24, 2.45) is 0 Å². The van der Waals surface area contributed by atoms with Crippen molar-refractivity contribution >= 4 is 11.4 Å². The quantitative estimate of drug-likeness (QED) is 0.841. The van der Waals surface area contributed by atoms with Gasteiger partial charge in [-0.25, -0.2) is 0 Å². The molecule has 0 aliphatic carbocycles. The molecule has 21 heavy (non-hydrogen) atoms. The number of alkyl halides is 3. The van der Waals surface area contributed by atoms with E-state index in [1.807, 2.05) is 0 Å². The summed E-state index contributed by atoms with van der Waals surface area (Å²) in [5.41, 5.74) is 7.11. The summed E-state index contributed by atoms with van der Waals surface area (Å²) in [5.74, 6) is 0.549. The van der Waals surface area contributed by atoms with Crippen LogP contribution in [-0.2, 0) is 12.7 Å². The first kappa shape index (κ1) is 15.0. The second-order valence-corrected chi connectivity index (χ2v) is 4.47. The molecular weight excluding hydrogens is 281 g/mol. The first-order chi connectivity index (χ1) is 9.91. The Morgan fingerprint density at radius 1 is 1.10 bits per heavy atom. The van der Waals surface area contributed by atoms with E-state index in [1.54, 1.807) is 18.2 Å². The molecule has 0 saturated carbocycles. The summed E-state index contributed by atoms with van der Waals surface area (Å²) in [5, 5.41) is 3.08. The minimum atomic E-state index is -4.32. The molecule has 3 nitrogen and oxygen atoms in total. The normalized spacial score (nSPS) is 11.2. The van der Waals surface area contributed by atoms with Crippen molar-refractivity contribution in [3.05, 3.63) is 53.6 Å². The Labute approximate surface area is 120 Å². The summed E-state index contributed by atoms with van der Waals surface area (Å²) in [4.78, 5) is 0. The van der Waals surface area contributed by atoms with E-state index in [9.17, 15) is 13.2 Å². The number of rotatable bonds is 4. The number of nitrogens with two attached hydrogens (primary N) is 1. The van der Waals surface area contributed by atoms with Crippen molar-refractivity contribution in [2.45, 2.75) is 12.7 Å². The van der Waals surface area contributed by atoms with Gasteiger partial charge in [-0.1, -0.05) is 18.2 Å². The average molecular weight is 296 g/mol. The molecule has 2 rings (SSSR count). The Morgan fingerprint density at radius 2 is 1.76 bits per heavy atom. The molecule has 0 aliphatic heterocycles. The Bertz CT molecular complexity index is 609. The molecule has 3 N–H and O–H groups in total. The molecule has 2 aromatic carbocycles. The molecule has 0 aromatic heterocycles. The third-order valence-electron chi connectivity index (χ3n) is 3.05. The first-order valence-electron chi connectivity index (χ1n) is 6.24. The van der Waals surface area contributed by atoms with Crippen molar-refractivity contribution in [2.75, 3.05) is 18.2 Å². The Kier molecular flexibility index (Phi) is 4.26. The van der Waals surface area contributed by atoms with Crippen LogP contribution in [-0.4, -0.2) is 7.11 Å². The van der Waals surface area contributed by atoms with Crippen LogP contribution < -0.4 is 15.8 Å². The number of benzene rings is 2. The van der Waals surface area contributed by atoms with E-state index in [0.717, 1.165) is 17.7 Å². The largest absolute Gasteiger partial charge is 0.495 e. The molecule has 0 spiro atoms. The molecule has 0 bridgehead atoms. The summed E-state index contributed by atoms with van der Waals surface area (Å²) in [6.07, 6.45) is -4.32. The van der Waals surface area contributed by atoms with E-state index in [4.69, 9.17) is 10.5 Å². The Hall–Kier alpha value is -2.37. The lowest BCUT2D eigenvalue weighted by atomic mass is 10.1. The van der Waals surface area contributed by atoms with Crippen molar-refractivity contribution < 1.29 is 17.9 Å². The fourth-order valence-corrected chi connectivity index (χ4v) is 1.89. The van der Waals surface area contributed by atoms with Gasteiger partial charge in [-0.3, -0.25) is 0 Å². The first-order valence-corrected chi connectivity index (χ1v) is 6.24. The van der Waals surface area contributed by atoms with Crippen molar-refractivity contribution in [3.63, 3.8) is 0 Å². The van der Waals surface area contributed by atoms with Crippen LogP contribution in [0.5, 0.6) is 5.75 Å². The topological polar surface area (TPSA) is 47.3 Å². The predicted octanol–water partition coefficient (Wildman–Crippen LogP) is 3.91. The molecule has 0 aliphatic rings. The van der Waals surface area contributed by atoms with Gasteiger partial charge < -0.3 is 15.8 Å². The summed E-state index contributed by atoms with van der Waals surface area (Å²) >= 11 is 0. The minimum Gasteiger partial charge on any atom is -0.495 e. The summed E-state index contributed by atoms with van der Waals surface area (Å²) in [7, 11) is 1.52. The number of anilines is 2. The lowest BCUT2D eigenvalue weighted by Crippen LogP contribution is -2.06. The monoisotopic (exact) mass is 296 g/mol. The number of nitrogen functional groups attached to an aromatic ring is 1. The van der Waals surface area contributed by atoms with Gasteiger partial charge in [0, 0.05) is 6.54 Å². The maximum atomic E-state index is 12.5. The van der Waals surface area contributed by atoms with Crippen molar-refractivity contribution in [1.82, 2.24) is 0 Å². The number of ether oxygens (including phenoxy) is 1. The van der Waals surface area contributed by atoms with Crippen LogP contribution in [0.3, 0.4) is 0 Å². The van der Waals surface area contributed by atoms with Gasteiger partial charge in [0.25, 0.3) is 0 Å². The highest BCUT2D eigenvalue weighted by atomic mass is 19.4. The third-order valence-corrected chi connectivity index (χ3v) is 3.05. The van der Waals surface area contributed by atoms with Crippen molar-refractivity contribution in [1.29, 1.82) is 0 Å². The SMILES string of the molecule is COc1cccc(NCc2ccc(C(F)(F)F)cc2)c1N. The maximum absolute atomic E-state index is 12.5. The molecule has 0 heterocycles. The summed E-state index contributed by atoms with van der Waals surface area (Å²) in [6.45, 7) is 0.371. The number of hydrogen-bond acceptors (Lipinski definition) is 3. The summed E-state index contributed by atoms with van der Waals surface area (Å²) < 4.78 is 42.5. The second-order valence-electron chi connectivity index (χ2n) is 4.47. The lowest BCUT2D eigenvalue weighted by Gasteiger charge is -2.13. The van der Waals surface area contributed by atoms with Crippen LogP contribution in [0.25, 0.3) is 0 Å². The number of para-hydroxylation sites is 1. The number of methoxy groups -OCH3 is 1. The third kappa shape index (κ3) is 3.59. The zero-order valence-corrected chi connectivity index (χ0v) is 11.4. The fourth-order valence-electron chi connectivity index (χ4n) is 1.89. The molecule has 0 amide bonds. The molecular formula is C15H15F3N2O. The smallest absolute Gasteiger partial charge is 0.416 e. The molecule has 112 valence electrons. The number of nitrogens with one attached hydrogen (secondary N) is 1. The molecule has 6 heteroatoms. The highest BCUT2D eigenvalue weighted by Crippen LogP contribution is 2.30. The molecule has 0 unspecified atom stereocenters. The minimum absolute atomic E-state index is 0.371. The number of hydrogen-bond donors (Lipinski definition) is 2. The highest BCUT2D eigenvalue weighted by molar-refractivity contribution is 5.72. The van der Waals surface area contributed by atoms with E-state index >= 15 is 0 Å². The van der Waals surface area contributed by atoms with Gasteiger partial charge in [-0.2, -0.15) is 13.2 Å². The molecule has 2 aromatic rings. The van der Waals surface area contributed by atoms with E-state index in [0.29, 0.717) is 23.7 Å². The van der Waals surface area contributed by atoms with Crippen LogP contribution >= 0.6 is 0 Å².